The van der Waals surface area contributed by atoms with Crippen molar-refractivity contribution in [3.05, 3.63) is 21.7 Å². The van der Waals surface area contributed by atoms with Gasteiger partial charge in [0.2, 0.25) is 5.82 Å². The van der Waals surface area contributed by atoms with E-state index in [2.05, 4.69) is 10.3 Å². The fourth-order valence-corrected chi connectivity index (χ4v) is 2.95. The topological polar surface area (TPSA) is 81.7 Å². The van der Waals surface area contributed by atoms with E-state index >= 15 is 0 Å². The van der Waals surface area contributed by atoms with Crippen LogP contribution in [0.25, 0.3) is 4.96 Å². The molecule has 1 N–H and O–H groups in total. The summed E-state index contributed by atoms with van der Waals surface area (Å²) >= 11 is 1.38. The number of fused-ring (bicyclic) bond motifs is 1. The third-order valence-corrected chi connectivity index (χ3v) is 3.94. The summed E-state index contributed by atoms with van der Waals surface area (Å²) < 4.78 is 7.09. The molecule has 102 valence electrons. The first-order chi connectivity index (χ1) is 9.25. The number of anilines is 1. The molecule has 1 aliphatic heterocycles. The molecular formula is C11H14N4O3S. The lowest BCUT2D eigenvalue weighted by atomic mass is 10.1. The second-order valence-electron chi connectivity index (χ2n) is 4.47. The molecular weight excluding hydrogens is 268 g/mol. The van der Waals surface area contributed by atoms with Crippen LogP contribution in [0.1, 0.15) is 19.3 Å². The number of thiazole rings is 1. The fraction of sp³-hybridized carbons (Fsp3) is 0.545. The summed E-state index contributed by atoms with van der Waals surface area (Å²) in [5, 5.41) is 16.0. The van der Waals surface area contributed by atoms with E-state index in [1.807, 2.05) is 0 Å². The maximum absolute atomic E-state index is 11.1. The number of aromatic nitrogens is 2. The van der Waals surface area contributed by atoms with Crippen LogP contribution in [0.5, 0.6) is 0 Å². The summed E-state index contributed by atoms with van der Waals surface area (Å²) in [5.41, 5.74) is 0. The molecule has 0 saturated carbocycles. The minimum Gasteiger partial charge on any atom is -0.376 e. The first-order valence-corrected chi connectivity index (χ1v) is 7.09. The summed E-state index contributed by atoms with van der Waals surface area (Å²) in [4.78, 5) is 15.6. The van der Waals surface area contributed by atoms with Crippen molar-refractivity contribution in [2.24, 2.45) is 0 Å². The Morgan fingerprint density at radius 1 is 1.63 bits per heavy atom. The first-order valence-electron chi connectivity index (χ1n) is 6.21. The minimum absolute atomic E-state index is 0.00735. The van der Waals surface area contributed by atoms with Crippen LogP contribution in [-0.4, -0.2) is 33.6 Å². The number of nitrogens with one attached hydrogen (secondary N) is 1. The van der Waals surface area contributed by atoms with Crippen LogP contribution < -0.4 is 5.32 Å². The van der Waals surface area contributed by atoms with E-state index in [9.17, 15) is 10.1 Å². The van der Waals surface area contributed by atoms with Crippen molar-refractivity contribution in [3.8, 4) is 0 Å². The number of imidazole rings is 1. The van der Waals surface area contributed by atoms with Gasteiger partial charge >= 0.3 is 5.82 Å². The monoisotopic (exact) mass is 282 g/mol. The van der Waals surface area contributed by atoms with Crippen LogP contribution in [-0.2, 0) is 4.74 Å². The average Bonchev–Trinajstić information content (AvgIpc) is 2.96. The Balaban J connectivity index is 1.77. The van der Waals surface area contributed by atoms with Gasteiger partial charge in [0.05, 0.1) is 6.10 Å². The third-order valence-electron chi connectivity index (χ3n) is 3.18. The van der Waals surface area contributed by atoms with Crippen LogP contribution >= 0.6 is 11.3 Å². The summed E-state index contributed by atoms with van der Waals surface area (Å²) in [6.45, 7) is 1.33. The molecule has 0 bridgehead atoms. The van der Waals surface area contributed by atoms with Gasteiger partial charge in [-0.25, -0.2) is 0 Å². The Bertz CT molecular complexity index is 588. The number of hydrogen-bond acceptors (Lipinski definition) is 6. The smallest absolute Gasteiger partial charge is 0.372 e. The van der Waals surface area contributed by atoms with Crippen LogP contribution in [0.4, 0.5) is 11.6 Å². The predicted octanol–water partition coefficient (Wildman–Crippen LogP) is 2.29. The maximum atomic E-state index is 11.1. The van der Waals surface area contributed by atoms with Crippen molar-refractivity contribution in [1.82, 2.24) is 9.38 Å². The molecule has 1 atom stereocenters. The molecule has 19 heavy (non-hydrogen) atoms. The third kappa shape index (κ3) is 2.41. The molecule has 3 heterocycles. The molecule has 1 aliphatic rings. The Labute approximate surface area is 113 Å². The molecule has 0 aliphatic carbocycles. The molecule has 1 unspecified atom stereocenters. The molecule has 2 aromatic rings. The highest BCUT2D eigenvalue weighted by molar-refractivity contribution is 7.15. The van der Waals surface area contributed by atoms with E-state index in [1.54, 1.807) is 11.6 Å². The van der Waals surface area contributed by atoms with E-state index < -0.39 is 4.92 Å². The summed E-state index contributed by atoms with van der Waals surface area (Å²) in [5.74, 6) is 0.318. The lowest BCUT2D eigenvalue weighted by molar-refractivity contribution is -0.389. The number of hydrogen-bond donors (Lipinski definition) is 1. The van der Waals surface area contributed by atoms with Crippen molar-refractivity contribution in [3.63, 3.8) is 0 Å². The van der Waals surface area contributed by atoms with Crippen LogP contribution in [0, 0.1) is 10.1 Å². The maximum Gasteiger partial charge on any atom is 0.372 e. The molecule has 2 aromatic heterocycles. The van der Waals surface area contributed by atoms with Gasteiger partial charge < -0.3 is 20.2 Å². The molecule has 0 spiro atoms. The van der Waals surface area contributed by atoms with Crippen LogP contribution in [0.3, 0.4) is 0 Å². The van der Waals surface area contributed by atoms with Gasteiger partial charge in [-0.15, -0.1) is 0 Å². The first kappa shape index (κ1) is 12.4. The SMILES string of the molecule is O=[N+]([O-])c1c(NCC2CCCCO2)nc2sccn12. The van der Waals surface area contributed by atoms with Gasteiger partial charge in [0, 0.05) is 18.5 Å². The Morgan fingerprint density at radius 2 is 2.53 bits per heavy atom. The lowest BCUT2D eigenvalue weighted by Gasteiger charge is -2.22. The predicted molar refractivity (Wildman–Crippen MR) is 71.8 cm³/mol. The summed E-state index contributed by atoms with van der Waals surface area (Å²) in [7, 11) is 0. The highest BCUT2D eigenvalue weighted by Crippen LogP contribution is 2.28. The number of nitro groups is 1. The highest BCUT2D eigenvalue weighted by atomic mass is 32.1. The van der Waals surface area contributed by atoms with Crippen LogP contribution in [0.2, 0.25) is 0 Å². The fourth-order valence-electron chi connectivity index (χ4n) is 2.25. The molecule has 0 radical (unpaired) electrons. The Morgan fingerprint density at radius 3 is 3.26 bits per heavy atom. The molecule has 3 rings (SSSR count). The van der Waals surface area contributed by atoms with Gasteiger partial charge in [0.25, 0.3) is 4.96 Å². The van der Waals surface area contributed by atoms with E-state index in [4.69, 9.17) is 4.74 Å². The van der Waals surface area contributed by atoms with E-state index in [-0.39, 0.29) is 11.9 Å². The Hall–Kier alpha value is -1.67. The van der Waals surface area contributed by atoms with Gasteiger partial charge in [-0.05, 0) is 24.2 Å². The second-order valence-corrected chi connectivity index (χ2v) is 5.34. The average molecular weight is 282 g/mol. The molecule has 8 heteroatoms. The van der Waals surface area contributed by atoms with Gasteiger partial charge in [-0.2, -0.15) is 9.38 Å². The number of rotatable bonds is 4. The zero-order valence-corrected chi connectivity index (χ0v) is 11.1. The summed E-state index contributed by atoms with van der Waals surface area (Å²) in [6.07, 6.45) is 5.01. The van der Waals surface area contributed by atoms with Crippen molar-refractivity contribution in [2.75, 3.05) is 18.5 Å². The summed E-state index contributed by atoms with van der Waals surface area (Å²) in [6, 6.07) is 0. The largest absolute Gasteiger partial charge is 0.376 e. The molecule has 1 fully saturated rings. The Kier molecular flexibility index (Phi) is 3.34. The van der Waals surface area contributed by atoms with Crippen molar-refractivity contribution >= 4 is 27.9 Å². The normalized spacial score (nSPS) is 19.7. The molecule has 1 saturated heterocycles. The zero-order chi connectivity index (χ0) is 13.2. The molecule has 7 nitrogen and oxygen atoms in total. The number of nitrogens with zero attached hydrogens (tertiary/aromatic N) is 3. The van der Waals surface area contributed by atoms with Crippen molar-refractivity contribution in [2.45, 2.75) is 25.4 Å². The number of ether oxygens (including phenoxy) is 1. The van der Waals surface area contributed by atoms with E-state index in [0.717, 1.165) is 25.9 Å². The zero-order valence-electron chi connectivity index (χ0n) is 10.2. The molecule has 0 amide bonds. The van der Waals surface area contributed by atoms with E-state index in [1.165, 1.54) is 15.7 Å². The van der Waals surface area contributed by atoms with Crippen molar-refractivity contribution in [1.29, 1.82) is 0 Å². The van der Waals surface area contributed by atoms with E-state index in [0.29, 0.717) is 17.3 Å². The lowest BCUT2D eigenvalue weighted by Crippen LogP contribution is -2.27. The second kappa shape index (κ2) is 5.14. The minimum atomic E-state index is -0.406. The van der Waals surface area contributed by atoms with Gasteiger partial charge in [-0.1, -0.05) is 11.3 Å². The van der Waals surface area contributed by atoms with Gasteiger partial charge in [0.1, 0.15) is 6.20 Å². The molecule has 0 aromatic carbocycles. The van der Waals surface area contributed by atoms with Gasteiger partial charge in [0.15, 0.2) is 0 Å². The van der Waals surface area contributed by atoms with Crippen LogP contribution in [0.15, 0.2) is 11.6 Å². The highest BCUT2D eigenvalue weighted by Gasteiger charge is 2.24. The van der Waals surface area contributed by atoms with Crippen molar-refractivity contribution < 1.29 is 9.66 Å². The van der Waals surface area contributed by atoms with Gasteiger partial charge in [-0.3, -0.25) is 0 Å². The standard InChI is InChI=1S/C11H14N4O3S/c16-15(17)10-9(13-11-14(10)4-6-19-11)12-7-8-3-1-2-5-18-8/h4,6,8,12H,1-3,5,7H2. The quantitative estimate of drug-likeness (QED) is 0.687.